The first-order chi connectivity index (χ1) is 10.0. The van der Waals surface area contributed by atoms with Crippen LogP contribution < -0.4 is 5.32 Å². The molecule has 3 rings (SSSR count). The number of non-ortho nitro benzene ring substituents is 1. The number of aromatic nitrogens is 2. The second-order valence-corrected chi connectivity index (χ2v) is 6.11. The van der Waals surface area contributed by atoms with Crippen molar-refractivity contribution in [3.05, 3.63) is 49.5 Å². The molecule has 3 aromatic rings. The summed E-state index contributed by atoms with van der Waals surface area (Å²) < 4.78 is 0.686. The number of nitrogens with one attached hydrogen (secondary N) is 1. The summed E-state index contributed by atoms with van der Waals surface area (Å²) >= 11 is 10.7. The van der Waals surface area contributed by atoms with Crippen molar-refractivity contribution in [3.63, 3.8) is 0 Å². The average molecular weight is 386 g/mol. The number of anilines is 2. The Balaban J connectivity index is 2.08. The van der Waals surface area contributed by atoms with Crippen LogP contribution in [0.5, 0.6) is 0 Å². The lowest BCUT2D eigenvalue weighted by Gasteiger charge is -2.09. The van der Waals surface area contributed by atoms with Crippen LogP contribution in [0.3, 0.4) is 0 Å². The summed E-state index contributed by atoms with van der Waals surface area (Å²) in [5, 5.41) is 16.7. The van der Waals surface area contributed by atoms with E-state index in [1.807, 2.05) is 11.4 Å². The molecule has 0 saturated heterocycles. The molecule has 0 aliphatic heterocycles. The van der Waals surface area contributed by atoms with Crippen LogP contribution in [-0.4, -0.2) is 14.9 Å². The van der Waals surface area contributed by atoms with E-state index in [0.29, 0.717) is 16.0 Å². The van der Waals surface area contributed by atoms with E-state index in [1.54, 1.807) is 6.07 Å². The van der Waals surface area contributed by atoms with Gasteiger partial charge in [0.25, 0.3) is 5.69 Å². The number of benzene rings is 1. The van der Waals surface area contributed by atoms with Crippen molar-refractivity contribution < 1.29 is 4.92 Å². The molecule has 0 fully saturated rings. The molecule has 0 unspecified atom stereocenters. The molecule has 0 saturated carbocycles. The molecular formula is C12H6BrClN4O2S. The van der Waals surface area contributed by atoms with Crippen LogP contribution in [0.25, 0.3) is 10.2 Å². The topological polar surface area (TPSA) is 81.0 Å². The lowest BCUT2D eigenvalue weighted by molar-refractivity contribution is -0.384. The van der Waals surface area contributed by atoms with Gasteiger partial charge in [-0.3, -0.25) is 10.1 Å². The van der Waals surface area contributed by atoms with Crippen molar-refractivity contribution in [3.8, 4) is 0 Å². The predicted molar refractivity (Wildman–Crippen MR) is 86.5 cm³/mol. The van der Waals surface area contributed by atoms with Crippen LogP contribution in [0.4, 0.5) is 17.2 Å². The second kappa shape index (κ2) is 5.55. The summed E-state index contributed by atoms with van der Waals surface area (Å²) in [5.74, 6) is 0.507. The second-order valence-electron chi connectivity index (χ2n) is 4.03. The largest absolute Gasteiger partial charge is 0.338 e. The quantitative estimate of drug-likeness (QED) is 0.399. The van der Waals surface area contributed by atoms with E-state index in [9.17, 15) is 10.1 Å². The lowest BCUT2D eigenvalue weighted by Crippen LogP contribution is -1.98. The maximum atomic E-state index is 10.9. The molecule has 6 nitrogen and oxygen atoms in total. The first-order valence-electron chi connectivity index (χ1n) is 5.66. The SMILES string of the molecule is O=[N+]([O-])c1ccc(Br)c(Nc2nc(Cl)nc3sccc23)c1. The fourth-order valence-corrected chi connectivity index (χ4v) is 3.10. The van der Waals surface area contributed by atoms with Gasteiger partial charge in [0.15, 0.2) is 0 Å². The molecule has 0 spiro atoms. The van der Waals surface area contributed by atoms with Crippen LogP contribution in [0.2, 0.25) is 5.28 Å². The Hall–Kier alpha value is -1.77. The number of hydrogen-bond acceptors (Lipinski definition) is 6. The van der Waals surface area contributed by atoms with Crippen LogP contribution in [0.1, 0.15) is 0 Å². The standard InChI is InChI=1S/C12H6BrClN4O2S/c13-8-2-1-6(18(19)20)5-9(8)15-10-7-3-4-21-11(7)17-12(14)16-10/h1-5H,(H,15,16,17). The highest BCUT2D eigenvalue weighted by Crippen LogP contribution is 2.33. The molecule has 1 aromatic carbocycles. The van der Waals surface area contributed by atoms with Gasteiger partial charge in [0.2, 0.25) is 5.28 Å². The Kier molecular flexibility index (Phi) is 3.75. The number of halogens is 2. The molecule has 2 heterocycles. The summed E-state index contributed by atoms with van der Waals surface area (Å²) in [5.41, 5.74) is 0.522. The highest BCUT2D eigenvalue weighted by molar-refractivity contribution is 9.10. The van der Waals surface area contributed by atoms with E-state index >= 15 is 0 Å². The Morgan fingerprint density at radius 3 is 2.90 bits per heavy atom. The van der Waals surface area contributed by atoms with E-state index in [4.69, 9.17) is 11.6 Å². The zero-order chi connectivity index (χ0) is 15.0. The molecule has 0 radical (unpaired) electrons. The number of thiophene rings is 1. The Morgan fingerprint density at radius 2 is 2.14 bits per heavy atom. The van der Waals surface area contributed by atoms with E-state index in [0.717, 1.165) is 10.2 Å². The number of hydrogen-bond donors (Lipinski definition) is 1. The van der Waals surface area contributed by atoms with Gasteiger partial charge < -0.3 is 5.32 Å². The maximum Gasteiger partial charge on any atom is 0.271 e. The summed E-state index contributed by atoms with van der Waals surface area (Å²) in [7, 11) is 0. The van der Waals surface area contributed by atoms with Gasteiger partial charge in [0.1, 0.15) is 10.6 Å². The van der Waals surface area contributed by atoms with Gasteiger partial charge in [-0.2, -0.15) is 4.98 Å². The molecule has 9 heteroatoms. The number of fused-ring (bicyclic) bond motifs is 1. The number of nitro benzene ring substituents is 1. The molecule has 1 N–H and O–H groups in total. The number of nitrogens with zero attached hydrogens (tertiary/aromatic N) is 3. The van der Waals surface area contributed by atoms with Crippen molar-refractivity contribution in [1.82, 2.24) is 9.97 Å². The van der Waals surface area contributed by atoms with Crippen LogP contribution in [0, 0.1) is 10.1 Å². The van der Waals surface area contributed by atoms with E-state index in [1.165, 1.54) is 23.5 Å². The molecule has 2 aromatic heterocycles. The fourth-order valence-electron chi connectivity index (χ4n) is 1.77. The predicted octanol–water partition coefficient (Wildman–Crippen LogP) is 4.76. The van der Waals surface area contributed by atoms with Gasteiger partial charge in [-0.05, 0) is 45.0 Å². The van der Waals surface area contributed by atoms with Crippen molar-refractivity contribution in [2.24, 2.45) is 0 Å². The van der Waals surface area contributed by atoms with E-state index in [2.05, 4.69) is 31.2 Å². The number of rotatable bonds is 3. The first-order valence-corrected chi connectivity index (χ1v) is 7.71. The molecule has 106 valence electrons. The molecule has 0 atom stereocenters. The third-order valence-corrected chi connectivity index (χ3v) is 4.38. The zero-order valence-corrected chi connectivity index (χ0v) is 13.4. The Bertz CT molecular complexity index is 854. The smallest absolute Gasteiger partial charge is 0.271 e. The molecular weight excluding hydrogens is 380 g/mol. The maximum absolute atomic E-state index is 10.9. The van der Waals surface area contributed by atoms with E-state index in [-0.39, 0.29) is 11.0 Å². The van der Waals surface area contributed by atoms with Crippen LogP contribution in [0.15, 0.2) is 34.1 Å². The van der Waals surface area contributed by atoms with Crippen molar-refractivity contribution in [1.29, 1.82) is 0 Å². The molecule has 0 aliphatic rings. The summed E-state index contributed by atoms with van der Waals surface area (Å²) in [6.07, 6.45) is 0. The minimum atomic E-state index is -0.454. The van der Waals surface area contributed by atoms with Crippen molar-refractivity contribution >= 4 is 66.3 Å². The summed E-state index contributed by atoms with van der Waals surface area (Å²) in [4.78, 5) is 19.4. The zero-order valence-electron chi connectivity index (χ0n) is 10.2. The molecule has 0 bridgehead atoms. The third kappa shape index (κ3) is 2.82. The van der Waals surface area contributed by atoms with Crippen LogP contribution in [-0.2, 0) is 0 Å². The highest BCUT2D eigenvalue weighted by atomic mass is 79.9. The third-order valence-electron chi connectivity index (χ3n) is 2.71. The highest BCUT2D eigenvalue weighted by Gasteiger charge is 2.13. The first kappa shape index (κ1) is 14.2. The monoisotopic (exact) mass is 384 g/mol. The lowest BCUT2D eigenvalue weighted by atomic mass is 10.2. The normalized spacial score (nSPS) is 10.8. The Labute approximate surface area is 136 Å². The molecule has 0 amide bonds. The van der Waals surface area contributed by atoms with Gasteiger partial charge in [0.05, 0.1) is 16.0 Å². The fraction of sp³-hybridized carbons (Fsp3) is 0. The average Bonchev–Trinajstić information content (AvgIpc) is 2.89. The van der Waals surface area contributed by atoms with Crippen LogP contribution >= 0.6 is 38.9 Å². The van der Waals surface area contributed by atoms with E-state index < -0.39 is 4.92 Å². The minimum absolute atomic E-state index is 0.0117. The van der Waals surface area contributed by atoms with Gasteiger partial charge in [0, 0.05) is 16.6 Å². The van der Waals surface area contributed by atoms with Crippen molar-refractivity contribution in [2.75, 3.05) is 5.32 Å². The van der Waals surface area contributed by atoms with Gasteiger partial charge >= 0.3 is 0 Å². The summed E-state index contributed by atoms with van der Waals surface area (Å²) in [6.45, 7) is 0. The van der Waals surface area contributed by atoms with Gasteiger partial charge in [-0.1, -0.05) is 0 Å². The van der Waals surface area contributed by atoms with Crippen molar-refractivity contribution in [2.45, 2.75) is 0 Å². The van der Waals surface area contributed by atoms with Gasteiger partial charge in [-0.15, -0.1) is 11.3 Å². The molecule has 0 aliphatic carbocycles. The summed E-state index contributed by atoms with van der Waals surface area (Å²) in [6, 6.07) is 6.32. The number of nitro groups is 1. The van der Waals surface area contributed by atoms with Gasteiger partial charge in [-0.25, -0.2) is 4.98 Å². The minimum Gasteiger partial charge on any atom is -0.338 e. The Morgan fingerprint density at radius 1 is 1.33 bits per heavy atom. The molecule has 21 heavy (non-hydrogen) atoms.